The van der Waals surface area contributed by atoms with Crippen LogP contribution in [0.5, 0.6) is 0 Å². The molecule has 1 aliphatic rings. The Kier molecular flexibility index (Phi) is 8.16. The number of thiazole rings is 1. The van der Waals surface area contributed by atoms with Crippen LogP contribution in [0.1, 0.15) is 69.5 Å². The van der Waals surface area contributed by atoms with Crippen molar-refractivity contribution in [2.24, 2.45) is 10.4 Å². The highest BCUT2D eigenvalue weighted by Crippen LogP contribution is 2.40. The quantitative estimate of drug-likeness (QED) is 0.514. The second-order valence-electron chi connectivity index (χ2n) is 7.33. The van der Waals surface area contributed by atoms with E-state index in [-0.39, 0.29) is 0 Å². The maximum atomic E-state index is 5.33. The van der Waals surface area contributed by atoms with Crippen LogP contribution in [-0.2, 0) is 11.3 Å². The summed E-state index contributed by atoms with van der Waals surface area (Å²) in [6, 6.07) is 0. The number of hydrogen-bond donors (Lipinski definition) is 2. The van der Waals surface area contributed by atoms with Crippen molar-refractivity contribution in [2.45, 2.75) is 65.3 Å². The van der Waals surface area contributed by atoms with Crippen molar-refractivity contribution in [1.29, 1.82) is 0 Å². The van der Waals surface area contributed by atoms with E-state index in [0.29, 0.717) is 17.9 Å². The normalized spacial score (nSPS) is 17.2. The van der Waals surface area contributed by atoms with Crippen LogP contribution in [-0.4, -0.2) is 37.7 Å². The minimum atomic E-state index is 0.359. The average molecular weight is 367 g/mol. The maximum Gasteiger partial charge on any atom is 0.191 e. The SMILES string of the molecule is CCNC(=NCc1csc(C(C)C)n1)NCC1(CCOC)CCCC1. The number of ether oxygens (including phenoxy) is 1. The van der Waals surface area contributed by atoms with Crippen molar-refractivity contribution in [3.8, 4) is 0 Å². The number of methoxy groups -OCH3 is 1. The maximum absolute atomic E-state index is 5.33. The Bertz CT molecular complexity index is 535. The number of nitrogens with one attached hydrogen (secondary N) is 2. The number of guanidine groups is 1. The molecule has 5 nitrogen and oxygen atoms in total. The second-order valence-corrected chi connectivity index (χ2v) is 8.22. The van der Waals surface area contributed by atoms with Gasteiger partial charge in [-0.1, -0.05) is 26.7 Å². The standard InChI is InChI=1S/C19H34N4OS/c1-5-20-18(21-12-16-13-25-17(23-16)15(2)3)22-14-19(10-11-24-4)8-6-7-9-19/h13,15H,5-12,14H2,1-4H3,(H2,20,21,22). The van der Waals surface area contributed by atoms with Gasteiger partial charge in [-0.2, -0.15) is 0 Å². The largest absolute Gasteiger partial charge is 0.385 e. The first-order valence-electron chi connectivity index (χ1n) is 9.54. The van der Waals surface area contributed by atoms with Gasteiger partial charge >= 0.3 is 0 Å². The van der Waals surface area contributed by atoms with E-state index in [2.05, 4.69) is 41.8 Å². The topological polar surface area (TPSA) is 58.5 Å². The minimum Gasteiger partial charge on any atom is -0.385 e. The van der Waals surface area contributed by atoms with Gasteiger partial charge in [-0.25, -0.2) is 9.98 Å². The first-order chi connectivity index (χ1) is 12.1. The lowest BCUT2D eigenvalue weighted by Crippen LogP contribution is -2.43. The molecule has 0 radical (unpaired) electrons. The molecule has 1 heterocycles. The van der Waals surface area contributed by atoms with Crippen LogP contribution in [0.25, 0.3) is 0 Å². The third-order valence-corrected chi connectivity index (χ3v) is 6.13. The van der Waals surface area contributed by atoms with Gasteiger partial charge < -0.3 is 15.4 Å². The molecule has 1 fully saturated rings. The monoisotopic (exact) mass is 366 g/mol. The second kappa shape index (κ2) is 10.1. The van der Waals surface area contributed by atoms with Crippen molar-refractivity contribution in [2.75, 3.05) is 26.8 Å². The zero-order chi connectivity index (χ0) is 18.1. The van der Waals surface area contributed by atoms with Gasteiger partial charge in [0.25, 0.3) is 0 Å². The van der Waals surface area contributed by atoms with Crippen LogP contribution in [0, 0.1) is 5.41 Å². The fourth-order valence-corrected chi connectivity index (χ4v) is 4.22. The van der Waals surface area contributed by atoms with Crippen LogP contribution in [0.3, 0.4) is 0 Å². The molecule has 0 atom stereocenters. The molecule has 0 aromatic carbocycles. The lowest BCUT2D eigenvalue weighted by atomic mass is 9.83. The smallest absolute Gasteiger partial charge is 0.191 e. The van der Waals surface area contributed by atoms with Crippen LogP contribution in [0.4, 0.5) is 0 Å². The number of aliphatic imine (C=N–C) groups is 1. The fourth-order valence-electron chi connectivity index (χ4n) is 3.39. The van der Waals surface area contributed by atoms with E-state index in [1.807, 2.05) is 0 Å². The summed E-state index contributed by atoms with van der Waals surface area (Å²) in [4.78, 5) is 9.41. The van der Waals surface area contributed by atoms with E-state index >= 15 is 0 Å². The molecule has 0 aliphatic heterocycles. The number of rotatable bonds is 9. The number of nitrogens with zero attached hydrogens (tertiary/aromatic N) is 2. The zero-order valence-corrected chi connectivity index (χ0v) is 17.0. The van der Waals surface area contributed by atoms with Gasteiger partial charge in [0.1, 0.15) is 0 Å². The van der Waals surface area contributed by atoms with E-state index in [4.69, 9.17) is 9.73 Å². The van der Waals surface area contributed by atoms with Crippen molar-refractivity contribution in [3.05, 3.63) is 16.1 Å². The minimum absolute atomic E-state index is 0.359. The Labute approximate surface area is 156 Å². The van der Waals surface area contributed by atoms with Crippen LogP contribution < -0.4 is 10.6 Å². The first kappa shape index (κ1) is 20.2. The third-order valence-electron chi connectivity index (χ3n) is 4.94. The van der Waals surface area contributed by atoms with E-state index in [1.54, 1.807) is 18.4 Å². The summed E-state index contributed by atoms with van der Waals surface area (Å²) in [5.41, 5.74) is 1.42. The highest BCUT2D eigenvalue weighted by molar-refractivity contribution is 7.09. The molecule has 1 aromatic heterocycles. The number of aromatic nitrogens is 1. The molecular weight excluding hydrogens is 332 g/mol. The van der Waals surface area contributed by atoms with Gasteiger partial charge in [0, 0.05) is 38.1 Å². The molecule has 0 bridgehead atoms. The van der Waals surface area contributed by atoms with Gasteiger partial charge in [-0.3, -0.25) is 0 Å². The molecule has 6 heteroatoms. The van der Waals surface area contributed by atoms with Gasteiger partial charge in [-0.15, -0.1) is 11.3 Å². The summed E-state index contributed by atoms with van der Waals surface area (Å²) < 4.78 is 5.33. The Balaban J connectivity index is 1.94. The van der Waals surface area contributed by atoms with E-state index in [0.717, 1.165) is 37.8 Å². The predicted octanol–water partition coefficient (Wildman–Crippen LogP) is 3.92. The highest BCUT2D eigenvalue weighted by atomic mass is 32.1. The molecule has 0 amide bonds. The lowest BCUT2D eigenvalue weighted by molar-refractivity contribution is 0.138. The Morgan fingerprint density at radius 3 is 2.72 bits per heavy atom. The Morgan fingerprint density at radius 1 is 1.36 bits per heavy atom. The molecule has 1 aliphatic carbocycles. The molecule has 2 N–H and O–H groups in total. The molecule has 1 saturated carbocycles. The summed E-state index contributed by atoms with van der Waals surface area (Å²) >= 11 is 1.73. The fraction of sp³-hybridized carbons (Fsp3) is 0.789. The summed E-state index contributed by atoms with van der Waals surface area (Å²) in [5.74, 6) is 1.38. The van der Waals surface area contributed by atoms with Crippen LogP contribution >= 0.6 is 11.3 Å². The molecule has 0 saturated heterocycles. The van der Waals surface area contributed by atoms with Crippen LogP contribution in [0.2, 0.25) is 0 Å². The van der Waals surface area contributed by atoms with Crippen molar-refractivity contribution < 1.29 is 4.74 Å². The lowest BCUT2D eigenvalue weighted by Gasteiger charge is -2.30. The van der Waals surface area contributed by atoms with Crippen molar-refractivity contribution >= 4 is 17.3 Å². The molecule has 142 valence electrons. The predicted molar refractivity (Wildman–Crippen MR) is 106 cm³/mol. The molecule has 25 heavy (non-hydrogen) atoms. The van der Waals surface area contributed by atoms with Crippen LogP contribution in [0.15, 0.2) is 10.4 Å². The van der Waals surface area contributed by atoms with Gasteiger partial charge in [-0.05, 0) is 31.6 Å². The Hall–Kier alpha value is -1.14. The van der Waals surface area contributed by atoms with Crippen molar-refractivity contribution in [3.63, 3.8) is 0 Å². The molecular formula is C19H34N4OS. The number of hydrogen-bond acceptors (Lipinski definition) is 4. The first-order valence-corrected chi connectivity index (χ1v) is 10.4. The zero-order valence-electron chi connectivity index (χ0n) is 16.2. The van der Waals surface area contributed by atoms with Gasteiger partial charge in [0.05, 0.1) is 17.2 Å². The molecule has 0 unspecified atom stereocenters. The Morgan fingerprint density at radius 2 is 2.12 bits per heavy atom. The van der Waals surface area contributed by atoms with E-state index < -0.39 is 0 Å². The molecule has 2 rings (SSSR count). The summed E-state index contributed by atoms with van der Waals surface area (Å²) in [6.07, 6.45) is 6.35. The van der Waals surface area contributed by atoms with Crippen molar-refractivity contribution in [1.82, 2.24) is 15.6 Å². The molecule has 0 spiro atoms. The van der Waals surface area contributed by atoms with E-state index in [1.165, 1.54) is 30.7 Å². The van der Waals surface area contributed by atoms with E-state index in [9.17, 15) is 0 Å². The summed E-state index contributed by atoms with van der Waals surface area (Å²) in [7, 11) is 1.79. The molecule has 1 aromatic rings. The third kappa shape index (κ3) is 6.26. The summed E-state index contributed by atoms with van der Waals surface area (Å²) in [6.45, 7) is 9.77. The summed E-state index contributed by atoms with van der Waals surface area (Å²) in [5, 5.41) is 10.2. The highest BCUT2D eigenvalue weighted by Gasteiger charge is 2.33. The average Bonchev–Trinajstić information content (AvgIpc) is 3.26. The van der Waals surface area contributed by atoms with Gasteiger partial charge in [0.2, 0.25) is 0 Å². The van der Waals surface area contributed by atoms with Gasteiger partial charge in [0.15, 0.2) is 5.96 Å².